The molecule has 0 atom stereocenters. The van der Waals surface area contributed by atoms with E-state index in [1.54, 1.807) is 0 Å². The summed E-state index contributed by atoms with van der Waals surface area (Å²) >= 11 is -3.91. The fourth-order valence-corrected chi connectivity index (χ4v) is 6.98. The Morgan fingerprint density at radius 3 is 1.35 bits per heavy atom. The standard InChI is InChI=1S/C7H3F4O.2C7H5F2.Al/c1-12-7-5(10)3(8)2-4(9)6(7)11;2*1-5-2-3-6(8)4-7(5)9;/h1H3;2*3-4H,1H3;. The van der Waals surface area contributed by atoms with E-state index in [1.165, 1.54) is 0 Å². The van der Waals surface area contributed by atoms with E-state index in [0.717, 1.165) is 33.1 Å². The van der Waals surface area contributed by atoms with Crippen molar-refractivity contribution < 1.29 is 39.9 Å². The van der Waals surface area contributed by atoms with Gasteiger partial charge in [-0.2, -0.15) is 8.78 Å². The van der Waals surface area contributed by atoms with Gasteiger partial charge in [-0.1, -0.05) is 8.85 Å². The molecule has 3 aromatic carbocycles. The van der Waals surface area contributed by atoms with Crippen molar-refractivity contribution in [2.45, 2.75) is 13.8 Å². The first kappa shape index (κ1) is 23.1. The topological polar surface area (TPSA) is 9.23 Å². The minimum Gasteiger partial charge on any atom is -0.491 e. The van der Waals surface area contributed by atoms with Gasteiger partial charge < -0.3 is 4.74 Å². The smallest absolute Gasteiger partial charge is 0.394 e. The highest BCUT2D eigenvalue weighted by molar-refractivity contribution is 6.96. The third-order valence-electron chi connectivity index (χ3n) is 5.07. The second-order valence-electron chi connectivity index (χ2n) is 6.84. The SMILES string of the molecule is COc1c(F)c(F)[c]([Al]([c]2cc(F)cc(F)c2C)[c]2cc(F)cc(F)c2C)c(F)c1F. The molecule has 0 amide bonds. The summed E-state index contributed by atoms with van der Waals surface area (Å²) in [5, 5.41) is 0. The molecule has 0 aliphatic carbocycles. The molecule has 0 bridgehead atoms. The van der Waals surface area contributed by atoms with Crippen molar-refractivity contribution in [1.29, 1.82) is 0 Å². The molecule has 0 N–H and O–H groups in total. The summed E-state index contributed by atoms with van der Waals surface area (Å²) in [5.74, 6) is -13.3. The molecule has 0 fully saturated rings. The number of hydrogen-bond acceptors (Lipinski definition) is 1. The average Bonchev–Trinajstić information content (AvgIpc) is 2.70. The van der Waals surface area contributed by atoms with Crippen molar-refractivity contribution in [3.63, 3.8) is 0 Å². The molecule has 1 nitrogen and oxygen atoms in total. The Bertz CT molecular complexity index is 1110. The quantitative estimate of drug-likeness (QED) is 0.326. The molecular formula is C21H13AlF8O. The van der Waals surface area contributed by atoms with Crippen LogP contribution in [0.3, 0.4) is 0 Å². The molecule has 0 radical (unpaired) electrons. The van der Waals surface area contributed by atoms with Crippen LogP contribution in [0.4, 0.5) is 35.1 Å². The first-order chi connectivity index (χ1) is 14.5. The maximum Gasteiger partial charge on any atom is 0.394 e. The molecule has 0 unspecified atom stereocenters. The van der Waals surface area contributed by atoms with E-state index in [0.29, 0.717) is 12.1 Å². The minimum absolute atomic E-state index is 0.280. The first-order valence-electron chi connectivity index (χ1n) is 8.80. The fourth-order valence-electron chi connectivity index (χ4n) is 3.47. The summed E-state index contributed by atoms with van der Waals surface area (Å²) < 4.78 is 118. The third kappa shape index (κ3) is 3.90. The van der Waals surface area contributed by atoms with Crippen LogP contribution in [0.1, 0.15) is 11.1 Å². The van der Waals surface area contributed by atoms with Crippen LogP contribution in [0.2, 0.25) is 0 Å². The normalized spacial score (nSPS) is 11.1. The zero-order valence-corrected chi connectivity index (χ0v) is 17.5. The lowest BCUT2D eigenvalue weighted by molar-refractivity contribution is 0.335. The van der Waals surface area contributed by atoms with Gasteiger partial charge in [0.15, 0.2) is 17.4 Å². The van der Waals surface area contributed by atoms with Crippen LogP contribution in [0, 0.1) is 60.4 Å². The predicted molar refractivity (Wildman–Crippen MR) is 99.7 cm³/mol. The van der Waals surface area contributed by atoms with Crippen molar-refractivity contribution >= 4 is 27.4 Å². The van der Waals surface area contributed by atoms with Gasteiger partial charge in [-0.05, 0) is 41.5 Å². The summed E-state index contributed by atoms with van der Waals surface area (Å²) in [7, 11) is 0.785. The average molecular weight is 460 g/mol. The van der Waals surface area contributed by atoms with Crippen LogP contribution in [-0.2, 0) is 0 Å². The Morgan fingerprint density at radius 1 is 0.613 bits per heavy atom. The number of ether oxygens (including phenoxy) is 1. The lowest BCUT2D eigenvalue weighted by Crippen LogP contribution is -2.57. The molecule has 0 saturated heterocycles. The molecule has 0 aliphatic rings. The summed E-state index contributed by atoms with van der Waals surface area (Å²) in [5.41, 5.74) is -0.560. The largest absolute Gasteiger partial charge is 0.491 e. The van der Waals surface area contributed by atoms with Crippen LogP contribution in [-0.4, -0.2) is 21.3 Å². The highest BCUT2D eigenvalue weighted by Crippen LogP contribution is 2.26. The van der Waals surface area contributed by atoms with Crippen LogP contribution < -0.4 is 18.0 Å². The van der Waals surface area contributed by atoms with Crippen LogP contribution >= 0.6 is 0 Å². The van der Waals surface area contributed by atoms with Gasteiger partial charge in [-0.25, -0.2) is 26.3 Å². The van der Waals surface area contributed by atoms with Gasteiger partial charge in [0.25, 0.3) is 0 Å². The highest BCUT2D eigenvalue weighted by Gasteiger charge is 2.39. The zero-order valence-electron chi connectivity index (χ0n) is 16.3. The Hall–Kier alpha value is -2.57. The highest BCUT2D eigenvalue weighted by atomic mass is 27.2. The molecule has 162 valence electrons. The Morgan fingerprint density at radius 2 is 1.00 bits per heavy atom. The predicted octanol–water partition coefficient (Wildman–Crippen LogP) is 3.94. The van der Waals surface area contributed by atoms with Crippen molar-refractivity contribution in [3.05, 3.63) is 81.9 Å². The van der Waals surface area contributed by atoms with E-state index in [9.17, 15) is 35.1 Å². The number of benzene rings is 3. The van der Waals surface area contributed by atoms with Gasteiger partial charge in [-0.15, -0.1) is 0 Å². The Labute approximate surface area is 176 Å². The van der Waals surface area contributed by atoms with Crippen molar-refractivity contribution in [2.24, 2.45) is 0 Å². The summed E-state index contributed by atoms with van der Waals surface area (Å²) in [6.45, 7) is 2.31. The molecule has 31 heavy (non-hydrogen) atoms. The number of halogens is 8. The lowest BCUT2D eigenvalue weighted by Gasteiger charge is -2.21. The molecule has 10 heteroatoms. The van der Waals surface area contributed by atoms with E-state index >= 15 is 0 Å². The summed E-state index contributed by atoms with van der Waals surface area (Å²) in [6, 6.07) is 2.48. The van der Waals surface area contributed by atoms with Gasteiger partial charge in [0.05, 0.1) is 7.11 Å². The van der Waals surface area contributed by atoms with E-state index in [1.807, 2.05) is 0 Å². The molecule has 0 aliphatic heterocycles. The van der Waals surface area contributed by atoms with Crippen molar-refractivity contribution in [3.8, 4) is 5.75 Å². The van der Waals surface area contributed by atoms with Crippen LogP contribution in [0.5, 0.6) is 5.75 Å². The lowest BCUT2D eigenvalue weighted by atomic mass is 10.2. The number of hydrogen-bond donors (Lipinski definition) is 0. The second-order valence-corrected chi connectivity index (χ2v) is 9.53. The molecule has 0 spiro atoms. The van der Waals surface area contributed by atoms with Gasteiger partial charge in [0, 0.05) is 12.1 Å². The van der Waals surface area contributed by atoms with E-state index in [4.69, 9.17) is 0 Å². The summed E-state index contributed by atoms with van der Waals surface area (Å²) in [4.78, 5) is 0. The van der Waals surface area contributed by atoms with Gasteiger partial charge in [-0.3, -0.25) is 0 Å². The van der Waals surface area contributed by atoms with E-state index in [2.05, 4.69) is 4.74 Å². The monoisotopic (exact) mass is 460 g/mol. The van der Waals surface area contributed by atoms with Crippen LogP contribution in [0.25, 0.3) is 0 Å². The molecule has 3 aromatic rings. The minimum atomic E-state index is -3.91. The Kier molecular flexibility index (Phi) is 6.35. The number of rotatable bonds is 4. The molecule has 0 saturated carbocycles. The van der Waals surface area contributed by atoms with Gasteiger partial charge in [0.1, 0.15) is 23.3 Å². The summed E-state index contributed by atoms with van der Waals surface area (Å²) in [6.07, 6.45) is 0. The fraction of sp³-hybridized carbons (Fsp3) is 0.143. The van der Waals surface area contributed by atoms with Gasteiger partial charge in [0.2, 0.25) is 11.6 Å². The van der Waals surface area contributed by atoms with Gasteiger partial charge >= 0.3 is 14.1 Å². The zero-order chi connectivity index (χ0) is 23.2. The van der Waals surface area contributed by atoms with E-state index < -0.39 is 70.9 Å². The molecule has 3 rings (SSSR count). The third-order valence-corrected chi connectivity index (χ3v) is 8.60. The van der Waals surface area contributed by atoms with Crippen LogP contribution in [0.15, 0.2) is 24.3 Å². The number of methoxy groups -OCH3 is 1. The first-order valence-corrected chi connectivity index (χ1v) is 10.5. The molecule has 0 aromatic heterocycles. The second kappa shape index (κ2) is 8.52. The maximum atomic E-state index is 15.0. The molecular weight excluding hydrogens is 447 g/mol. The van der Waals surface area contributed by atoms with Crippen molar-refractivity contribution in [1.82, 2.24) is 0 Å². The van der Waals surface area contributed by atoms with Crippen molar-refractivity contribution in [2.75, 3.05) is 7.11 Å². The molecule has 0 heterocycles. The Balaban J connectivity index is 2.52. The maximum absolute atomic E-state index is 15.0. The van der Waals surface area contributed by atoms with E-state index in [-0.39, 0.29) is 20.0 Å².